The van der Waals surface area contributed by atoms with E-state index in [1.807, 2.05) is 0 Å². The molecule has 0 heterocycles. The van der Waals surface area contributed by atoms with Crippen LogP contribution in [0.5, 0.6) is 0 Å². The molecule has 51 valence electrons. The van der Waals surface area contributed by atoms with Gasteiger partial charge < -0.3 is 0 Å². The second-order valence-electron chi connectivity index (χ2n) is 0.448. The normalized spacial score (nSPS) is 7.25. The van der Waals surface area contributed by atoms with Crippen molar-refractivity contribution in [2.45, 2.75) is 0 Å². The fourth-order valence-corrected chi connectivity index (χ4v) is 0. The van der Waals surface area contributed by atoms with Crippen molar-refractivity contribution < 1.29 is 34.6 Å². The molecule has 0 saturated heterocycles. The predicted octanol–water partition coefficient (Wildman–Crippen LogP) is -0.994. The first kappa shape index (κ1) is 22.5. The van der Waals surface area contributed by atoms with Gasteiger partial charge in [0, 0.05) is 17.1 Å². The van der Waals surface area contributed by atoms with Gasteiger partial charge in [0.25, 0.3) is 0 Å². The van der Waals surface area contributed by atoms with Crippen LogP contribution in [-0.2, 0) is 27.5 Å². The first-order valence-electron chi connectivity index (χ1n) is 0.698. The average Bonchev–Trinajstić information content (AvgIpc) is 0.722. The molecule has 0 spiro atoms. The Hall–Kier alpha value is 2.13. The van der Waals surface area contributed by atoms with Crippen molar-refractivity contribution in [1.29, 1.82) is 0 Å². The second-order valence-corrected chi connectivity index (χ2v) is 1.34. The monoisotopic (exact) mass is 275 g/mol. The maximum absolute atomic E-state index is 8.74. The van der Waals surface area contributed by atoms with Crippen molar-refractivity contribution in [3.8, 4) is 0 Å². The maximum atomic E-state index is 8.74. The van der Waals surface area contributed by atoms with E-state index in [1.165, 1.54) is 0 Å². The summed E-state index contributed by atoms with van der Waals surface area (Å²) in [6.45, 7) is 0. The molecule has 0 rings (SSSR count). The summed E-state index contributed by atoms with van der Waals surface area (Å²) < 4.78 is 31.6. The maximum Gasteiger partial charge on any atom is 0 e. The van der Waals surface area contributed by atoms with Crippen LogP contribution in [0.2, 0.25) is 0 Å². The third-order valence-electron chi connectivity index (χ3n) is 0. The molecule has 0 aromatic rings. The molecule has 0 saturated carbocycles. The first-order chi connectivity index (χ1) is 2.00. The molecule has 8 heteroatoms. The average molecular weight is 276 g/mol. The van der Waals surface area contributed by atoms with E-state index in [0.29, 0.717) is 0 Å². The summed E-state index contributed by atoms with van der Waals surface area (Å²) >= 11 is 0. The summed E-state index contributed by atoms with van der Waals surface area (Å²) in [5.41, 5.74) is 0. The predicted molar refractivity (Wildman–Crippen MR) is 33.0 cm³/mol. The van der Waals surface area contributed by atoms with Gasteiger partial charge in [0.05, 0.1) is 0 Å². The van der Waals surface area contributed by atoms with E-state index in [2.05, 4.69) is 0 Å². The van der Waals surface area contributed by atoms with Crippen molar-refractivity contribution in [1.82, 2.24) is 0 Å². The smallest absolute Gasteiger partial charge is 0 e. The quantitative estimate of drug-likeness (QED) is 0.440. The van der Waals surface area contributed by atoms with E-state index in [1.54, 1.807) is 0 Å². The Balaban J connectivity index is -0.0000000267. The molecule has 0 atom stereocenters. The van der Waals surface area contributed by atoms with E-state index in [9.17, 15) is 0 Å². The largest absolute Gasteiger partial charge is 0 e. The van der Waals surface area contributed by atoms with Gasteiger partial charge in [-0.15, -0.1) is 17.0 Å². The van der Waals surface area contributed by atoms with E-state index >= 15 is 0 Å². The molecule has 0 aromatic carbocycles. The molecule has 0 fully saturated rings. The summed E-state index contributed by atoms with van der Waals surface area (Å²) in [7, 11) is -4.67. The van der Waals surface area contributed by atoms with Gasteiger partial charge in [-0.25, -0.2) is 0 Å². The van der Waals surface area contributed by atoms with Crippen molar-refractivity contribution in [2.75, 3.05) is 0 Å². The Morgan fingerprint density at radius 3 is 1.12 bits per heavy atom. The van der Waals surface area contributed by atoms with Crippen LogP contribution in [0.1, 0.15) is 0 Å². The summed E-state index contributed by atoms with van der Waals surface area (Å²) in [5, 5.41) is 0. The molecule has 0 amide bonds. The molecule has 0 bridgehead atoms. The van der Waals surface area contributed by atoms with Gasteiger partial charge >= 0.3 is 48.1 Å². The third-order valence-corrected chi connectivity index (χ3v) is 0. The van der Waals surface area contributed by atoms with Gasteiger partial charge in [0.1, 0.15) is 0 Å². The molecule has 8 heavy (non-hydrogen) atoms. The van der Waals surface area contributed by atoms with Crippen LogP contribution >= 0.6 is 17.0 Å². The topological polar surface area (TPSA) is 74.6 Å². The SMILES string of the molecule is Br.O=S(=O)(O)O.[CaH2].[Mn]. The van der Waals surface area contributed by atoms with Crippen LogP contribution in [0.15, 0.2) is 0 Å². The van der Waals surface area contributed by atoms with E-state index < -0.39 is 10.4 Å². The van der Waals surface area contributed by atoms with Crippen LogP contribution in [0.25, 0.3) is 0 Å². The number of hydrogen-bond acceptors (Lipinski definition) is 2. The van der Waals surface area contributed by atoms with Crippen LogP contribution < -0.4 is 0 Å². The first-order valence-corrected chi connectivity index (χ1v) is 2.10. The van der Waals surface area contributed by atoms with E-state index in [0.717, 1.165) is 0 Å². The van der Waals surface area contributed by atoms with Gasteiger partial charge in [-0.2, -0.15) is 8.42 Å². The van der Waals surface area contributed by atoms with Crippen molar-refractivity contribution >= 4 is 65.1 Å². The zero-order valence-electron chi connectivity index (χ0n) is 2.91. The number of hydrogen-bond donors (Lipinski definition) is 2. The van der Waals surface area contributed by atoms with Gasteiger partial charge in [-0.3, -0.25) is 9.11 Å². The Morgan fingerprint density at radius 1 is 1.12 bits per heavy atom. The minimum Gasteiger partial charge on any atom is 0 e. The Morgan fingerprint density at radius 2 is 1.12 bits per heavy atom. The van der Waals surface area contributed by atoms with Crippen molar-refractivity contribution in [2.24, 2.45) is 0 Å². The molecule has 0 aromatic heterocycles. The molecule has 1 radical (unpaired) electrons. The summed E-state index contributed by atoms with van der Waals surface area (Å²) in [6.07, 6.45) is 0. The van der Waals surface area contributed by atoms with Gasteiger partial charge in [-0.1, -0.05) is 0 Å². The fourth-order valence-electron chi connectivity index (χ4n) is 0. The molecular formula is H5BrCaMnO4S. The molecule has 0 aliphatic heterocycles. The molecule has 2 N–H and O–H groups in total. The number of rotatable bonds is 0. The van der Waals surface area contributed by atoms with Crippen molar-refractivity contribution in [3.05, 3.63) is 0 Å². The standard InChI is InChI=1S/BrH.Ca.Mn.H2O4S.2H/c;;;1-5(2,3)4;;/h1H;;;(H2,1,2,3,4);;. The molecule has 0 aliphatic rings. The Labute approximate surface area is 98.2 Å². The Bertz CT molecular complexity index is 99.2. The summed E-state index contributed by atoms with van der Waals surface area (Å²) in [6, 6.07) is 0. The summed E-state index contributed by atoms with van der Waals surface area (Å²) in [4.78, 5) is 0. The molecular weight excluding hydrogens is 271 g/mol. The molecule has 4 nitrogen and oxygen atoms in total. The third kappa shape index (κ3) is 91.1. The zero-order chi connectivity index (χ0) is 4.50. The molecule has 0 unspecified atom stereocenters. The van der Waals surface area contributed by atoms with Crippen LogP contribution in [-0.4, -0.2) is 55.3 Å². The minimum atomic E-state index is -4.67. The minimum absolute atomic E-state index is 0. The molecule has 0 aliphatic carbocycles. The second kappa shape index (κ2) is 9.13. The Kier molecular flexibility index (Phi) is 25.6. The number of halogens is 1. The van der Waals surface area contributed by atoms with E-state index in [-0.39, 0.29) is 71.8 Å². The van der Waals surface area contributed by atoms with Crippen LogP contribution in [0, 0.1) is 0 Å². The van der Waals surface area contributed by atoms with Crippen molar-refractivity contribution in [3.63, 3.8) is 0 Å². The fraction of sp³-hybridized carbons (Fsp3) is 0. The van der Waals surface area contributed by atoms with Crippen LogP contribution in [0.3, 0.4) is 0 Å². The van der Waals surface area contributed by atoms with Gasteiger partial charge in [-0.05, 0) is 0 Å². The zero-order valence-corrected chi connectivity index (χ0v) is 6.62. The summed E-state index contributed by atoms with van der Waals surface area (Å²) in [5.74, 6) is 0. The van der Waals surface area contributed by atoms with Crippen LogP contribution in [0.4, 0.5) is 0 Å². The van der Waals surface area contributed by atoms with Gasteiger partial charge in [0.2, 0.25) is 0 Å². The van der Waals surface area contributed by atoms with E-state index in [4.69, 9.17) is 17.5 Å². The van der Waals surface area contributed by atoms with Gasteiger partial charge in [0.15, 0.2) is 0 Å².